The topological polar surface area (TPSA) is 42.0 Å². The molecule has 0 spiro atoms. The van der Waals surface area contributed by atoms with Crippen LogP contribution in [0.25, 0.3) is 0 Å². The smallest absolute Gasteiger partial charge is 0.410 e. The molecule has 1 saturated carbocycles. The molecule has 0 N–H and O–H groups in total. The summed E-state index contributed by atoms with van der Waals surface area (Å²) in [5, 5.41) is 0. The first-order valence-corrected chi connectivity index (χ1v) is 11.1. The Morgan fingerprint density at radius 3 is 2.46 bits per heavy atom. The van der Waals surface area contributed by atoms with Crippen molar-refractivity contribution in [2.75, 3.05) is 32.8 Å². The molecule has 3 aliphatic rings. The van der Waals surface area contributed by atoms with Gasteiger partial charge in [0.15, 0.2) is 0 Å². The van der Waals surface area contributed by atoms with Crippen molar-refractivity contribution in [3.8, 4) is 0 Å². The Bertz CT molecular complexity index is 612. The van der Waals surface area contributed by atoms with Gasteiger partial charge in [0.25, 0.3) is 0 Å². The highest BCUT2D eigenvalue weighted by molar-refractivity contribution is 5.67. The number of amides is 1. The van der Waals surface area contributed by atoms with E-state index in [1.54, 1.807) is 0 Å². The molecule has 3 fully saturated rings. The number of ether oxygens (including phenoxy) is 2. The summed E-state index contributed by atoms with van der Waals surface area (Å²) in [7, 11) is 0. The Kier molecular flexibility index (Phi) is 6.86. The minimum atomic E-state index is -0.173. The third-order valence-corrected chi connectivity index (χ3v) is 6.61. The fourth-order valence-electron chi connectivity index (χ4n) is 4.60. The van der Waals surface area contributed by atoms with Crippen LogP contribution in [-0.4, -0.2) is 60.8 Å². The van der Waals surface area contributed by atoms with E-state index in [1.165, 1.54) is 38.6 Å². The van der Waals surface area contributed by atoms with Crippen molar-refractivity contribution in [3.63, 3.8) is 0 Å². The Balaban J connectivity index is 1.17. The Hall–Kier alpha value is -1.59. The van der Waals surface area contributed by atoms with Gasteiger partial charge < -0.3 is 14.4 Å². The van der Waals surface area contributed by atoms with Crippen molar-refractivity contribution in [1.82, 2.24) is 9.80 Å². The summed E-state index contributed by atoms with van der Waals surface area (Å²) in [4.78, 5) is 16.9. The fraction of sp³-hybridized carbons (Fsp3) is 0.696. The van der Waals surface area contributed by atoms with Crippen LogP contribution >= 0.6 is 0 Å². The highest BCUT2D eigenvalue weighted by atomic mass is 16.6. The standard InChI is InChI=1S/C23H34N2O3/c26-23(28-17-19-6-2-1-3-7-19)24-14-11-21(12-15-24)25-13-5-8-20(16-25)18-27-22-9-4-10-22/h1-3,6-7,20-22H,4-5,8-18H2/t20-/m1/s1. The van der Waals surface area contributed by atoms with E-state index in [2.05, 4.69) is 4.90 Å². The quantitative estimate of drug-likeness (QED) is 0.739. The molecule has 1 atom stereocenters. The van der Waals surface area contributed by atoms with Gasteiger partial charge in [-0.15, -0.1) is 0 Å². The molecule has 154 valence electrons. The number of piperidine rings is 2. The number of benzene rings is 1. The van der Waals surface area contributed by atoms with Crippen molar-refractivity contribution < 1.29 is 14.3 Å². The zero-order valence-corrected chi connectivity index (χ0v) is 16.9. The third-order valence-electron chi connectivity index (χ3n) is 6.61. The normalized spacial score (nSPS) is 24.7. The molecule has 5 heteroatoms. The van der Waals surface area contributed by atoms with E-state index in [9.17, 15) is 4.79 Å². The minimum Gasteiger partial charge on any atom is -0.445 e. The SMILES string of the molecule is O=C(OCc1ccccc1)N1CCC(N2CCC[C@@H](COC3CCC3)C2)CC1. The first-order valence-electron chi connectivity index (χ1n) is 11.1. The summed E-state index contributed by atoms with van der Waals surface area (Å²) in [5.74, 6) is 0.684. The summed E-state index contributed by atoms with van der Waals surface area (Å²) in [6, 6.07) is 10.5. The van der Waals surface area contributed by atoms with E-state index < -0.39 is 0 Å². The first-order chi connectivity index (χ1) is 13.8. The molecule has 0 unspecified atom stereocenters. The van der Waals surface area contributed by atoms with Gasteiger partial charge in [-0.05, 0) is 63.0 Å². The first kappa shape index (κ1) is 19.7. The van der Waals surface area contributed by atoms with Gasteiger partial charge in [0, 0.05) is 25.7 Å². The van der Waals surface area contributed by atoms with E-state index in [0.29, 0.717) is 24.7 Å². The van der Waals surface area contributed by atoms with E-state index >= 15 is 0 Å². The van der Waals surface area contributed by atoms with Crippen molar-refractivity contribution >= 4 is 6.09 Å². The number of hydrogen-bond acceptors (Lipinski definition) is 4. The lowest BCUT2D eigenvalue weighted by molar-refractivity contribution is -0.0345. The maximum absolute atomic E-state index is 12.4. The van der Waals surface area contributed by atoms with E-state index in [-0.39, 0.29) is 6.09 Å². The molecular weight excluding hydrogens is 352 g/mol. The number of carbonyl (C=O) groups excluding carboxylic acids is 1. The molecule has 0 bridgehead atoms. The Labute approximate surface area is 169 Å². The molecule has 2 saturated heterocycles. The van der Waals surface area contributed by atoms with Crippen LogP contribution in [0.4, 0.5) is 4.79 Å². The van der Waals surface area contributed by atoms with E-state index in [0.717, 1.165) is 44.6 Å². The number of carbonyl (C=O) groups is 1. The molecule has 0 aromatic heterocycles. The second-order valence-electron chi connectivity index (χ2n) is 8.65. The highest BCUT2D eigenvalue weighted by Gasteiger charge is 2.31. The average Bonchev–Trinajstić information content (AvgIpc) is 2.72. The number of nitrogens with zero attached hydrogens (tertiary/aromatic N) is 2. The van der Waals surface area contributed by atoms with Gasteiger partial charge in [-0.2, -0.15) is 0 Å². The van der Waals surface area contributed by atoms with Gasteiger partial charge in [0.2, 0.25) is 0 Å². The van der Waals surface area contributed by atoms with Gasteiger partial charge in [-0.3, -0.25) is 4.90 Å². The Morgan fingerprint density at radius 1 is 0.964 bits per heavy atom. The lowest BCUT2D eigenvalue weighted by Gasteiger charge is -2.42. The summed E-state index contributed by atoms with van der Waals surface area (Å²) in [6.45, 7) is 5.26. The zero-order chi connectivity index (χ0) is 19.2. The lowest BCUT2D eigenvalue weighted by atomic mass is 9.93. The van der Waals surface area contributed by atoms with E-state index in [1.807, 2.05) is 35.2 Å². The number of hydrogen-bond donors (Lipinski definition) is 0. The molecule has 1 amide bonds. The van der Waals surface area contributed by atoms with Gasteiger partial charge in [0.05, 0.1) is 12.7 Å². The number of likely N-dealkylation sites (tertiary alicyclic amines) is 2. The van der Waals surface area contributed by atoms with Gasteiger partial charge in [-0.25, -0.2) is 4.79 Å². The predicted octanol–water partition coefficient (Wildman–Crippen LogP) is 4.07. The van der Waals surface area contributed by atoms with Crippen LogP contribution in [0, 0.1) is 5.92 Å². The second kappa shape index (κ2) is 9.75. The third kappa shape index (κ3) is 5.26. The second-order valence-corrected chi connectivity index (χ2v) is 8.65. The van der Waals surface area contributed by atoms with Crippen LogP contribution < -0.4 is 0 Å². The summed E-state index contributed by atoms with van der Waals surface area (Å²) < 4.78 is 11.6. The minimum absolute atomic E-state index is 0.173. The predicted molar refractivity (Wildman–Crippen MR) is 109 cm³/mol. The van der Waals surface area contributed by atoms with Crippen LogP contribution in [-0.2, 0) is 16.1 Å². The van der Waals surface area contributed by atoms with Gasteiger partial charge in [-0.1, -0.05) is 30.3 Å². The van der Waals surface area contributed by atoms with Crippen LogP contribution in [0.15, 0.2) is 30.3 Å². The monoisotopic (exact) mass is 386 g/mol. The zero-order valence-electron chi connectivity index (χ0n) is 16.9. The summed E-state index contributed by atoms with van der Waals surface area (Å²) in [5.41, 5.74) is 1.04. The maximum Gasteiger partial charge on any atom is 0.410 e. The molecule has 4 rings (SSSR count). The molecule has 1 aliphatic carbocycles. The van der Waals surface area contributed by atoms with Crippen LogP contribution in [0.5, 0.6) is 0 Å². The van der Waals surface area contributed by atoms with E-state index in [4.69, 9.17) is 9.47 Å². The van der Waals surface area contributed by atoms with Crippen LogP contribution in [0.1, 0.15) is 50.5 Å². The highest BCUT2D eigenvalue weighted by Crippen LogP contribution is 2.27. The van der Waals surface area contributed by atoms with Crippen LogP contribution in [0.2, 0.25) is 0 Å². The molecule has 0 radical (unpaired) electrons. The van der Waals surface area contributed by atoms with Crippen LogP contribution in [0.3, 0.4) is 0 Å². The lowest BCUT2D eigenvalue weighted by Crippen LogP contribution is -2.50. The van der Waals surface area contributed by atoms with Gasteiger partial charge >= 0.3 is 6.09 Å². The molecule has 2 aliphatic heterocycles. The largest absolute Gasteiger partial charge is 0.445 e. The fourth-order valence-corrected chi connectivity index (χ4v) is 4.60. The van der Waals surface area contributed by atoms with Crippen molar-refractivity contribution in [2.45, 2.75) is 63.7 Å². The van der Waals surface area contributed by atoms with Crippen molar-refractivity contribution in [1.29, 1.82) is 0 Å². The molecular formula is C23H34N2O3. The number of rotatable bonds is 6. The summed E-state index contributed by atoms with van der Waals surface area (Å²) in [6.07, 6.45) is 8.91. The molecule has 1 aromatic carbocycles. The molecule has 5 nitrogen and oxygen atoms in total. The molecule has 2 heterocycles. The summed E-state index contributed by atoms with van der Waals surface area (Å²) >= 11 is 0. The van der Waals surface area contributed by atoms with Crippen molar-refractivity contribution in [3.05, 3.63) is 35.9 Å². The van der Waals surface area contributed by atoms with Gasteiger partial charge in [0.1, 0.15) is 6.61 Å². The average molecular weight is 387 g/mol. The maximum atomic E-state index is 12.4. The van der Waals surface area contributed by atoms with Crippen molar-refractivity contribution in [2.24, 2.45) is 5.92 Å². The molecule has 1 aromatic rings. The Morgan fingerprint density at radius 2 is 1.75 bits per heavy atom. The molecule has 28 heavy (non-hydrogen) atoms.